The van der Waals surface area contributed by atoms with Crippen molar-refractivity contribution in [2.75, 3.05) is 13.1 Å². The standard InChI is InChI=1S/C19H30N4OS/c1-6-23-16(20-21-18(23)25)13-7-9-22(10-8-13)17(24)15-14(11-12(2)3)19(15,4)5/h11,13-15H,6-10H2,1-5H3,(H,21,25)/t14-,15-/m1/s1. The van der Waals surface area contributed by atoms with E-state index in [1.165, 1.54) is 5.57 Å². The predicted octanol–water partition coefficient (Wildman–Crippen LogP) is 3.90. The molecule has 6 heteroatoms. The van der Waals surface area contributed by atoms with Crippen LogP contribution in [0.25, 0.3) is 0 Å². The van der Waals surface area contributed by atoms with Gasteiger partial charge < -0.3 is 9.47 Å². The molecule has 2 aliphatic rings. The van der Waals surface area contributed by atoms with E-state index in [1.54, 1.807) is 0 Å². The summed E-state index contributed by atoms with van der Waals surface area (Å²) in [5, 5.41) is 7.34. The predicted molar refractivity (Wildman–Crippen MR) is 102 cm³/mol. The Morgan fingerprint density at radius 2 is 2.00 bits per heavy atom. The van der Waals surface area contributed by atoms with Crippen molar-refractivity contribution in [3.05, 3.63) is 22.2 Å². The first-order chi connectivity index (χ1) is 11.8. The highest BCUT2D eigenvalue weighted by atomic mass is 32.1. The van der Waals surface area contributed by atoms with E-state index in [0.29, 0.717) is 22.5 Å². The zero-order chi connectivity index (χ0) is 18.4. The number of hydrogen-bond donors (Lipinski definition) is 1. The van der Waals surface area contributed by atoms with E-state index in [4.69, 9.17) is 12.2 Å². The molecular formula is C19H30N4OS. The molecule has 1 saturated heterocycles. The Bertz CT molecular complexity index is 733. The number of aromatic nitrogens is 3. The van der Waals surface area contributed by atoms with Crippen LogP contribution in [-0.4, -0.2) is 38.7 Å². The van der Waals surface area contributed by atoms with Crippen LogP contribution in [0.4, 0.5) is 0 Å². The van der Waals surface area contributed by atoms with Gasteiger partial charge in [0.25, 0.3) is 0 Å². The van der Waals surface area contributed by atoms with Crippen molar-refractivity contribution in [2.45, 2.75) is 59.9 Å². The summed E-state index contributed by atoms with van der Waals surface area (Å²) in [5.74, 6) is 2.30. The molecule has 1 saturated carbocycles. The highest BCUT2D eigenvalue weighted by Gasteiger charge is 2.61. The first-order valence-corrected chi connectivity index (χ1v) is 9.77. The van der Waals surface area contributed by atoms with Crippen molar-refractivity contribution in [2.24, 2.45) is 17.3 Å². The molecule has 2 fully saturated rings. The summed E-state index contributed by atoms with van der Waals surface area (Å²) < 4.78 is 2.77. The lowest BCUT2D eigenvalue weighted by molar-refractivity contribution is -0.134. The highest BCUT2D eigenvalue weighted by Crippen LogP contribution is 2.60. The third-order valence-corrected chi connectivity index (χ3v) is 6.28. The van der Waals surface area contributed by atoms with Gasteiger partial charge in [0.15, 0.2) is 4.77 Å². The fourth-order valence-corrected chi connectivity index (χ4v) is 4.59. The Morgan fingerprint density at radius 3 is 2.56 bits per heavy atom. The van der Waals surface area contributed by atoms with Gasteiger partial charge in [0.2, 0.25) is 5.91 Å². The second-order valence-electron chi connectivity index (χ2n) is 8.30. The van der Waals surface area contributed by atoms with Gasteiger partial charge in [-0.05, 0) is 57.2 Å². The maximum absolute atomic E-state index is 13.0. The molecule has 1 aliphatic carbocycles. The molecule has 1 N–H and O–H groups in total. The van der Waals surface area contributed by atoms with Crippen molar-refractivity contribution in [1.82, 2.24) is 19.7 Å². The van der Waals surface area contributed by atoms with Crippen LogP contribution in [0.3, 0.4) is 0 Å². The van der Waals surface area contributed by atoms with Gasteiger partial charge in [-0.2, -0.15) is 5.10 Å². The summed E-state index contributed by atoms with van der Waals surface area (Å²) in [6.45, 7) is 13.2. The monoisotopic (exact) mass is 362 g/mol. The Morgan fingerprint density at radius 1 is 1.36 bits per heavy atom. The summed E-state index contributed by atoms with van der Waals surface area (Å²) in [5.41, 5.74) is 1.39. The fourth-order valence-electron chi connectivity index (χ4n) is 4.32. The normalized spacial score (nSPS) is 25.7. The zero-order valence-electron chi connectivity index (χ0n) is 16.0. The lowest BCUT2D eigenvalue weighted by atomic mass is 9.95. The van der Waals surface area contributed by atoms with E-state index in [0.717, 1.165) is 38.3 Å². The van der Waals surface area contributed by atoms with E-state index in [-0.39, 0.29) is 11.3 Å². The molecule has 138 valence electrons. The summed E-state index contributed by atoms with van der Waals surface area (Å²) >= 11 is 5.30. The number of carbonyl (C=O) groups excluding carboxylic acids is 1. The van der Waals surface area contributed by atoms with Gasteiger partial charge >= 0.3 is 0 Å². The Kier molecular flexibility index (Phi) is 4.93. The van der Waals surface area contributed by atoms with E-state index in [1.807, 2.05) is 0 Å². The number of nitrogens with one attached hydrogen (secondary N) is 1. The smallest absolute Gasteiger partial charge is 0.226 e. The minimum absolute atomic E-state index is 0.0931. The zero-order valence-corrected chi connectivity index (χ0v) is 16.8. The minimum atomic E-state index is 0.0931. The molecule has 5 nitrogen and oxygen atoms in total. The largest absolute Gasteiger partial charge is 0.342 e. The number of amides is 1. The first kappa shape index (κ1) is 18.4. The van der Waals surface area contributed by atoms with Crippen molar-refractivity contribution in [1.29, 1.82) is 0 Å². The number of likely N-dealkylation sites (tertiary alicyclic amines) is 1. The van der Waals surface area contributed by atoms with Crippen LogP contribution >= 0.6 is 12.2 Å². The number of hydrogen-bond acceptors (Lipinski definition) is 3. The lowest BCUT2D eigenvalue weighted by Crippen LogP contribution is -2.40. The average molecular weight is 363 g/mol. The third kappa shape index (κ3) is 3.33. The molecular weight excluding hydrogens is 332 g/mol. The Hall–Kier alpha value is -1.43. The van der Waals surface area contributed by atoms with E-state index in [9.17, 15) is 4.79 Å². The van der Waals surface area contributed by atoms with Crippen LogP contribution in [0.15, 0.2) is 11.6 Å². The molecule has 3 rings (SSSR count). The minimum Gasteiger partial charge on any atom is -0.342 e. The summed E-state index contributed by atoms with van der Waals surface area (Å²) in [6, 6.07) is 0. The quantitative estimate of drug-likeness (QED) is 0.653. The molecule has 25 heavy (non-hydrogen) atoms. The Labute approximate surface area is 155 Å². The molecule has 0 unspecified atom stereocenters. The van der Waals surface area contributed by atoms with Gasteiger partial charge in [0, 0.05) is 25.6 Å². The van der Waals surface area contributed by atoms with E-state index < -0.39 is 0 Å². The molecule has 1 aromatic rings. The molecule has 1 aliphatic heterocycles. The fraction of sp³-hybridized carbons (Fsp3) is 0.737. The van der Waals surface area contributed by atoms with Gasteiger partial charge in [0.1, 0.15) is 5.82 Å². The van der Waals surface area contributed by atoms with Gasteiger partial charge in [-0.15, -0.1) is 0 Å². The van der Waals surface area contributed by atoms with Gasteiger partial charge in [-0.25, -0.2) is 0 Å². The number of nitrogens with zero attached hydrogens (tertiary/aromatic N) is 3. The molecule has 2 atom stereocenters. The second kappa shape index (κ2) is 6.71. The molecule has 1 amide bonds. The molecule has 0 bridgehead atoms. The van der Waals surface area contributed by atoms with E-state index >= 15 is 0 Å². The number of carbonyl (C=O) groups is 1. The van der Waals surface area contributed by atoms with Crippen LogP contribution in [0.2, 0.25) is 0 Å². The lowest BCUT2D eigenvalue weighted by Gasteiger charge is -2.32. The Balaban J connectivity index is 1.64. The molecule has 1 aromatic heterocycles. The number of aromatic amines is 1. The topological polar surface area (TPSA) is 53.9 Å². The third-order valence-electron chi connectivity index (χ3n) is 5.97. The average Bonchev–Trinajstić information content (AvgIpc) is 2.90. The molecule has 0 radical (unpaired) electrons. The van der Waals surface area contributed by atoms with Crippen LogP contribution in [0.1, 0.15) is 59.2 Å². The van der Waals surface area contributed by atoms with Crippen molar-refractivity contribution < 1.29 is 4.79 Å². The summed E-state index contributed by atoms with van der Waals surface area (Å²) in [4.78, 5) is 15.1. The number of allylic oxidation sites excluding steroid dienone is 2. The van der Waals surface area contributed by atoms with Gasteiger partial charge in [-0.1, -0.05) is 25.5 Å². The number of rotatable bonds is 4. The number of H-pyrrole nitrogens is 1. The molecule has 2 heterocycles. The first-order valence-electron chi connectivity index (χ1n) is 9.36. The van der Waals surface area contributed by atoms with Crippen LogP contribution in [0, 0.1) is 22.0 Å². The van der Waals surface area contributed by atoms with Crippen molar-refractivity contribution in [3.8, 4) is 0 Å². The maximum atomic E-state index is 13.0. The van der Waals surface area contributed by atoms with E-state index in [2.05, 4.69) is 60.4 Å². The maximum Gasteiger partial charge on any atom is 0.226 e. The molecule has 0 spiro atoms. The van der Waals surface area contributed by atoms with Gasteiger partial charge in [0.05, 0.1) is 5.92 Å². The van der Waals surface area contributed by atoms with Crippen molar-refractivity contribution in [3.63, 3.8) is 0 Å². The van der Waals surface area contributed by atoms with Gasteiger partial charge in [-0.3, -0.25) is 9.89 Å². The number of piperidine rings is 1. The van der Waals surface area contributed by atoms with Crippen molar-refractivity contribution >= 4 is 18.1 Å². The SMILES string of the molecule is CCn1c(C2CCN(C(=O)[C@H]3[C@@H](C=C(C)C)C3(C)C)CC2)n[nH]c1=S. The van der Waals surface area contributed by atoms with Crippen LogP contribution < -0.4 is 0 Å². The summed E-state index contributed by atoms with van der Waals surface area (Å²) in [7, 11) is 0. The van der Waals surface area contributed by atoms with Crippen LogP contribution in [-0.2, 0) is 11.3 Å². The second-order valence-corrected chi connectivity index (χ2v) is 8.69. The molecule has 0 aromatic carbocycles. The van der Waals surface area contributed by atoms with Crippen LogP contribution in [0.5, 0.6) is 0 Å². The summed E-state index contributed by atoms with van der Waals surface area (Å²) in [6.07, 6.45) is 4.20. The highest BCUT2D eigenvalue weighted by molar-refractivity contribution is 7.71.